The third kappa shape index (κ3) is 3.91. The standard InChI is InChI=1S/C16H23Cl2N3/c1-12(2)20(3)10-5-11-21-14-7-4-6-13(18)16(14)19-15(21)8-9-17/h4,6-7,12H,5,8-11H2,1-3H3. The lowest BCUT2D eigenvalue weighted by Gasteiger charge is -2.21. The fourth-order valence-corrected chi connectivity index (χ4v) is 2.80. The zero-order valence-corrected chi connectivity index (χ0v) is 14.5. The van der Waals surface area contributed by atoms with E-state index in [2.05, 4.69) is 41.4 Å². The van der Waals surface area contributed by atoms with Gasteiger partial charge in [-0.15, -0.1) is 11.6 Å². The Morgan fingerprint density at radius 2 is 2.10 bits per heavy atom. The van der Waals surface area contributed by atoms with Crippen LogP contribution >= 0.6 is 23.2 Å². The van der Waals surface area contributed by atoms with Gasteiger partial charge < -0.3 is 9.47 Å². The third-order valence-corrected chi connectivity index (χ3v) is 4.39. The van der Waals surface area contributed by atoms with E-state index < -0.39 is 0 Å². The Morgan fingerprint density at radius 3 is 2.76 bits per heavy atom. The van der Waals surface area contributed by atoms with Crippen molar-refractivity contribution in [2.45, 2.75) is 39.3 Å². The molecule has 2 rings (SSSR count). The minimum atomic E-state index is 0.571. The minimum Gasteiger partial charge on any atom is -0.328 e. The number of para-hydroxylation sites is 1. The first-order valence-corrected chi connectivity index (χ1v) is 8.35. The summed E-state index contributed by atoms with van der Waals surface area (Å²) in [5.41, 5.74) is 1.99. The molecule has 0 spiro atoms. The molecule has 1 aromatic heterocycles. The maximum Gasteiger partial charge on any atom is 0.111 e. The predicted octanol–water partition coefficient (Wildman–Crippen LogP) is 4.20. The Morgan fingerprint density at radius 1 is 1.33 bits per heavy atom. The largest absolute Gasteiger partial charge is 0.328 e. The lowest BCUT2D eigenvalue weighted by atomic mass is 10.3. The molecule has 0 radical (unpaired) electrons. The van der Waals surface area contributed by atoms with Crippen molar-refractivity contribution in [2.75, 3.05) is 19.5 Å². The number of nitrogens with zero attached hydrogens (tertiary/aromatic N) is 3. The van der Waals surface area contributed by atoms with E-state index in [-0.39, 0.29) is 0 Å². The van der Waals surface area contributed by atoms with Crippen LogP contribution in [0.3, 0.4) is 0 Å². The van der Waals surface area contributed by atoms with Crippen LogP contribution in [0.5, 0.6) is 0 Å². The van der Waals surface area contributed by atoms with Gasteiger partial charge in [-0.3, -0.25) is 0 Å². The Hall–Kier alpha value is -0.770. The second kappa shape index (κ2) is 7.48. The summed E-state index contributed by atoms with van der Waals surface area (Å²) < 4.78 is 2.26. The average Bonchev–Trinajstić information content (AvgIpc) is 2.79. The molecule has 0 aliphatic heterocycles. The molecule has 3 nitrogen and oxygen atoms in total. The number of rotatable bonds is 7. The molecule has 2 aromatic rings. The predicted molar refractivity (Wildman–Crippen MR) is 91.6 cm³/mol. The summed E-state index contributed by atoms with van der Waals surface area (Å²) in [5.74, 6) is 1.60. The van der Waals surface area contributed by atoms with E-state index >= 15 is 0 Å². The van der Waals surface area contributed by atoms with Gasteiger partial charge in [-0.2, -0.15) is 0 Å². The molecule has 1 heterocycles. The number of aromatic nitrogens is 2. The monoisotopic (exact) mass is 327 g/mol. The minimum absolute atomic E-state index is 0.571. The summed E-state index contributed by atoms with van der Waals surface area (Å²) in [7, 11) is 2.16. The van der Waals surface area contributed by atoms with Gasteiger partial charge in [-0.25, -0.2) is 4.98 Å². The molecular formula is C16H23Cl2N3. The molecule has 5 heteroatoms. The number of halogens is 2. The molecule has 1 aromatic carbocycles. The lowest BCUT2D eigenvalue weighted by molar-refractivity contribution is 0.265. The van der Waals surface area contributed by atoms with Crippen LogP contribution < -0.4 is 0 Å². The highest BCUT2D eigenvalue weighted by Crippen LogP contribution is 2.24. The molecule has 0 fully saturated rings. The van der Waals surface area contributed by atoms with E-state index in [4.69, 9.17) is 23.2 Å². The number of imidazole rings is 1. The van der Waals surface area contributed by atoms with Gasteiger partial charge in [0.05, 0.1) is 10.5 Å². The Kier molecular flexibility index (Phi) is 5.91. The van der Waals surface area contributed by atoms with Crippen LogP contribution in [0.4, 0.5) is 0 Å². The van der Waals surface area contributed by atoms with Crippen molar-refractivity contribution in [1.29, 1.82) is 0 Å². The van der Waals surface area contributed by atoms with Crippen LogP contribution in [0.15, 0.2) is 18.2 Å². The van der Waals surface area contributed by atoms with E-state index in [0.717, 1.165) is 42.8 Å². The number of hydrogen-bond donors (Lipinski definition) is 0. The van der Waals surface area contributed by atoms with Gasteiger partial charge in [0.2, 0.25) is 0 Å². The van der Waals surface area contributed by atoms with E-state index in [1.807, 2.05) is 12.1 Å². The smallest absolute Gasteiger partial charge is 0.111 e. The molecular weight excluding hydrogens is 305 g/mol. The van der Waals surface area contributed by atoms with Crippen LogP contribution in [0.2, 0.25) is 5.02 Å². The summed E-state index contributed by atoms with van der Waals surface area (Å²) in [4.78, 5) is 7.02. The quantitative estimate of drug-likeness (QED) is 0.710. The van der Waals surface area contributed by atoms with Crippen molar-refractivity contribution in [3.8, 4) is 0 Å². The van der Waals surface area contributed by atoms with Crippen molar-refractivity contribution >= 4 is 34.2 Å². The van der Waals surface area contributed by atoms with Crippen molar-refractivity contribution in [1.82, 2.24) is 14.5 Å². The molecule has 0 saturated heterocycles. The van der Waals surface area contributed by atoms with Gasteiger partial charge in [0, 0.05) is 24.9 Å². The molecule has 0 bridgehead atoms. The van der Waals surface area contributed by atoms with E-state index in [0.29, 0.717) is 16.9 Å². The highest BCUT2D eigenvalue weighted by Gasteiger charge is 2.12. The van der Waals surface area contributed by atoms with E-state index in [1.165, 1.54) is 0 Å². The number of aryl methyl sites for hydroxylation is 2. The third-order valence-electron chi connectivity index (χ3n) is 3.90. The van der Waals surface area contributed by atoms with Crippen LogP contribution in [0, 0.1) is 0 Å². The van der Waals surface area contributed by atoms with Crippen molar-refractivity contribution in [3.63, 3.8) is 0 Å². The number of alkyl halides is 1. The SMILES string of the molecule is CC(C)N(C)CCCn1c(CCCl)nc2c(Cl)cccc21. The van der Waals surface area contributed by atoms with Gasteiger partial charge in [-0.05, 0) is 46.0 Å². The maximum atomic E-state index is 6.25. The molecule has 0 aliphatic rings. The van der Waals surface area contributed by atoms with E-state index in [1.54, 1.807) is 0 Å². The molecule has 0 atom stereocenters. The first kappa shape index (κ1) is 16.6. The highest BCUT2D eigenvalue weighted by atomic mass is 35.5. The number of hydrogen-bond acceptors (Lipinski definition) is 2. The van der Waals surface area contributed by atoms with Crippen LogP contribution in [-0.4, -0.2) is 40.0 Å². The summed E-state index contributed by atoms with van der Waals surface area (Å²) in [5, 5.41) is 0.710. The number of benzene rings is 1. The molecule has 116 valence electrons. The molecule has 21 heavy (non-hydrogen) atoms. The topological polar surface area (TPSA) is 21.1 Å². The second-order valence-electron chi connectivity index (χ2n) is 5.65. The maximum absolute atomic E-state index is 6.25. The van der Waals surface area contributed by atoms with Crippen molar-refractivity contribution in [2.24, 2.45) is 0 Å². The molecule has 0 aliphatic carbocycles. The molecule has 0 saturated carbocycles. The van der Waals surface area contributed by atoms with Crippen LogP contribution in [0.1, 0.15) is 26.1 Å². The Bertz CT molecular complexity index is 592. The summed E-state index contributed by atoms with van der Waals surface area (Å²) >= 11 is 12.2. The average molecular weight is 328 g/mol. The van der Waals surface area contributed by atoms with Crippen molar-refractivity contribution in [3.05, 3.63) is 29.0 Å². The van der Waals surface area contributed by atoms with Crippen LogP contribution in [-0.2, 0) is 13.0 Å². The first-order valence-electron chi connectivity index (χ1n) is 7.44. The fraction of sp³-hybridized carbons (Fsp3) is 0.562. The summed E-state index contributed by atoms with van der Waals surface area (Å²) in [6, 6.07) is 6.52. The van der Waals surface area contributed by atoms with Crippen LogP contribution in [0.25, 0.3) is 11.0 Å². The summed E-state index contributed by atoms with van der Waals surface area (Å²) in [6.07, 6.45) is 1.86. The lowest BCUT2D eigenvalue weighted by Crippen LogP contribution is -2.28. The molecule has 0 N–H and O–H groups in total. The van der Waals surface area contributed by atoms with Gasteiger partial charge in [0.25, 0.3) is 0 Å². The Labute approximate surface area is 136 Å². The molecule has 0 unspecified atom stereocenters. The first-order chi connectivity index (χ1) is 10.0. The normalized spacial score (nSPS) is 12.0. The summed E-state index contributed by atoms with van der Waals surface area (Å²) in [6.45, 7) is 6.44. The van der Waals surface area contributed by atoms with Gasteiger partial charge in [0.1, 0.15) is 11.3 Å². The van der Waals surface area contributed by atoms with Crippen molar-refractivity contribution < 1.29 is 0 Å². The Balaban J connectivity index is 2.20. The zero-order chi connectivity index (χ0) is 15.4. The second-order valence-corrected chi connectivity index (χ2v) is 6.44. The highest BCUT2D eigenvalue weighted by molar-refractivity contribution is 6.34. The van der Waals surface area contributed by atoms with Gasteiger partial charge >= 0.3 is 0 Å². The number of fused-ring (bicyclic) bond motifs is 1. The van der Waals surface area contributed by atoms with E-state index in [9.17, 15) is 0 Å². The van der Waals surface area contributed by atoms with Gasteiger partial charge in [-0.1, -0.05) is 17.7 Å². The van der Waals surface area contributed by atoms with Gasteiger partial charge in [0.15, 0.2) is 0 Å². The fourth-order valence-electron chi connectivity index (χ4n) is 2.42. The molecule has 0 amide bonds. The zero-order valence-electron chi connectivity index (χ0n) is 12.9.